The first kappa shape index (κ1) is 20.2. The molecule has 0 aromatic rings. The summed E-state index contributed by atoms with van der Waals surface area (Å²) in [6.45, 7) is 10.0. The Morgan fingerprint density at radius 3 is 2.57 bits per heavy atom. The van der Waals surface area contributed by atoms with Crippen LogP contribution in [0.3, 0.4) is 0 Å². The number of rotatable bonds is 0. The Kier molecular flexibility index (Phi) is 4.76. The van der Waals surface area contributed by atoms with Crippen LogP contribution < -0.4 is 0 Å². The third-order valence-electron chi connectivity index (χ3n) is 11.4. The fourth-order valence-corrected chi connectivity index (χ4v) is 9.90. The van der Waals surface area contributed by atoms with E-state index < -0.39 is 0 Å². The number of hydrogen-bond donors (Lipinski definition) is 2. The topological polar surface area (TPSA) is 43.7 Å². The summed E-state index contributed by atoms with van der Waals surface area (Å²) in [5, 5.41) is 21.5. The van der Waals surface area contributed by atoms with Gasteiger partial charge in [0.2, 0.25) is 0 Å². The second-order valence-electron chi connectivity index (χ2n) is 12.7. The Labute approximate surface area is 183 Å². The Balaban J connectivity index is 1.32. The van der Waals surface area contributed by atoms with Gasteiger partial charge in [0.15, 0.2) is 0 Å². The Bertz CT molecular complexity index is 732. The summed E-state index contributed by atoms with van der Waals surface area (Å²) >= 11 is 0. The molecule has 6 aliphatic rings. The zero-order chi connectivity index (χ0) is 20.8. The summed E-state index contributed by atoms with van der Waals surface area (Å²) in [6.07, 6.45) is 10.4. The lowest BCUT2D eigenvalue weighted by Crippen LogP contribution is -2.53. The fourth-order valence-electron chi connectivity index (χ4n) is 9.90. The van der Waals surface area contributed by atoms with Crippen LogP contribution in [0, 0.1) is 46.8 Å². The van der Waals surface area contributed by atoms with Crippen molar-refractivity contribution in [3.05, 3.63) is 11.1 Å². The minimum absolute atomic E-state index is 0.190. The highest BCUT2D eigenvalue weighted by Gasteiger charge is 2.61. The van der Waals surface area contributed by atoms with Gasteiger partial charge in [-0.1, -0.05) is 31.9 Å². The predicted octanol–water partition coefficient (Wildman–Crippen LogP) is 4.63. The molecule has 6 rings (SSSR count). The number of aliphatic hydroxyl groups excluding tert-OH is 2. The van der Waals surface area contributed by atoms with Crippen LogP contribution in [0.15, 0.2) is 11.1 Å². The third kappa shape index (κ3) is 2.80. The standard InChI is InChI=1S/C27H43NO2/c1-15-4-7-25-16(2)18-5-6-19-20(22(18)14-28(25)13-15)11-23-21(19)12-26(30)24-10-17(29)8-9-27(23,24)3/h15-17,19-21,23-26,29-30H,4-14H2,1-3H3/t15-,16-,17+,19-,20-,21+,23+,24-,25+,26-,27-/m1/s1. The van der Waals surface area contributed by atoms with Crippen LogP contribution in [0.25, 0.3) is 0 Å². The third-order valence-corrected chi connectivity index (χ3v) is 11.4. The molecule has 0 spiro atoms. The molecule has 3 nitrogen and oxygen atoms in total. The molecule has 3 saturated carbocycles. The molecule has 2 N–H and O–H groups in total. The smallest absolute Gasteiger partial charge is 0.0577 e. The van der Waals surface area contributed by atoms with Gasteiger partial charge in [-0.05, 0) is 105 Å². The summed E-state index contributed by atoms with van der Waals surface area (Å²) in [5.74, 6) is 4.97. The maximum atomic E-state index is 11.2. The van der Waals surface area contributed by atoms with Gasteiger partial charge in [-0.3, -0.25) is 4.90 Å². The lowest BCUT2D eigenvalue weighted by molar-refractivity contribution is -0.129. The number of hydrogen-bond acceptors (Lipinski definition) is 3. The average molecular weight is 414 g/mol. The molecule has 4 fully saturated rings. The van der Waals surface area contributed by atoms with E-state index in [2.05, 4.69) is 25.7 Å². The Morgan fingerprint density at radius 1 is 0.900 bits per heavy atom. The van der Waals surface area contributed by atoms with E-state index in [0.29, 0.717) is 11.8 Å². The van der Waals surface area contributed by atoms with E-state index >= 15 is 0 Å². The van der Waals surface area contributed by atoms with Crippen molar-refractivity contribution >= 4 is 0 Å². The summed E-state index contributed by atoms with van der Waals surface area (Å²) in [6, 6.07) is 0.795. The summed E-state index contributed by atoms with van der Waals surface area (Å²) in [4.78, 5) is 2.86. The molecule has 30 heavy (non-hydrogen) atoms. The van der Waals surface area contributed by atoms with Crippen LogP contribution in [0.4, 0.5) is 0 Å². The molecule has 4 aliphatic carbocycles. The fraction of sp³-hybridized carbons (Fsp3) is 0.926. The second-order valence-corrected chi connectivity index (χ2v) is 12.7. The average Bonchev–Trinajstić information content (AvgIpc) is 3.09. The van der Waals surface area contributed by atoms with Crippen molar-refractivity contribution < 1.29 is 10.2 Å². The van der Waals surface area contributed by atoms with Gasteiger partial charge in [-0.25, -0.2) is 0 Å². The molecule has 0 bridgehead atoms. The quantitative estimate of drug-likeness (QED) is 0.569. The predicted molar refractivity (Wildman–Crippen MR) is 120 cm³/mol. The highest BCUT2D eigenvalue weighted by atomic mass is 16.3. The minimum atomic E-state index is -0.196. The van der Waals surface area contributed by atoms with Gasteiger partial charge in [0, 0.05) is 19.1 Å². The van der Waals surface area contributed by atoms with Gasteiger partial charge in [-0.15, -0.1) is 0 Å². The first-order valence-electron chi connectivity index (χ1n) is 13.2. The molecule has 168 valence electrons. The number of piperidine rings is 1. The first-order chi connectivity index (χ1) is 14.4. The highest BCUT2D eigenvalue weighted by Crippen LogP contribution is 2.66. The maximum absolute atomic E-state index is 11.2. The van der Waals surface area contributed by atoms with E-state index in [0.717, 1.165) is 61.3 Å². The van der Waals surface area contributed by atoms with Gasteiger partial charge < -0.3 is 10.2 Å². The number of fused-ring (bicyclic) bond motifs is 7. The SMILES string of the molecule is C[C@@H]1CC[C@H]2[C@H](C)C3=C(CN2C1)[C@@H]1C[C@H]2[C@@H](C[C@@H](O)[C@H]4C[C@@H](O)CC[C@@]42C)[C@@H]1CC3. The molecule has 0 amide bonds. The molecule has 0 radical (unpaired) electrons. The lowest BCUT2D eigenvalue weighted by atomic mass is 9.51. The van der Waals surface area contributed by atoms with Crippen molar-refractivity contribution in [3.8, 4) is 0 Å². The molecule has 1 saturated heterocycles. The van der Waals surface area contributed by atoms with Crippen molar-refractivity contribution in [2.24, 2.45) is 46.8 Å². The zero-order valence-corrected chi connectivity index (χ0v) is 19.4. The van der Waals surface area contributed by atoms with Crippen molar-refractivity contribution in [1.82, 2.24) is 4.90 Å². The van der Waals surface area contributed by atoms with E-state index in [1.807, 2.05) is 11.1 Å². The van der Waals surface area contributed by atoms with Crippen LogP contribution in [0.2, 0.25) is 0 Å². The Hall–Kier alpha value is -0.380. The molecule has 0 unspecified atom stereocenters. The monoisotopic (exact) mass is 413 g/mol. The number of aliphatic hydroxyl groups is 2. The van der Waals surface area contributed by atoms with Crippen LogP contribution >= 0.6 is 0 Å². The second kappa shape index (κ2) is 7.06. The maximum Gasteiger partial charge on any atom is 0.0577 e. The molecular weight excluding hydrogens is 370 g/mol. The Morgan fingerprint density at radius 2 is 1.73 bits per heavy atom. The van der Waals surface area contributed by atoms with Crippen LogP contribution in [0.5, 0.6) is 0 Å². The molecule has 2 heterocycles. The van der Waals surface area contributed by atoms with E-state index in [9.17, 15) is 10.2 Å². The molecule has 0 aromatic heterocycles. The minimum Gasteiger partial charge on any atom is -0.393 e. The molecule has 2 aliphatic heterocycles. The van der Waals surface area contributed by atoms with Crippen LogP contribution in [-0.4, -0.2) is 46.5 Å². The van der Waals surface area contributed by atoms with E-state index in [4.69, 9.17) is 0 Å². The van der Waals surface area contributed by atoms with Gasteiger partial charge >= 0.3 is 0 Å². The summed E-state index contributed by atoms with van der Waals surface area (Å²) < 4.78 is 0. The largest absolute Gasteiger partial charge is 0.393 e. The van der Waals surface area contributed by atoms with E-state index in [-0.39, 0.29) is 17.6 Å². The highest BCUT2D eigenvalue weighted by molar-refractivity contribution is 5.32. The van der Waals surface area contributed by atoms with Crippen molar-refractivity contribution in [2.45, 2.75) is 96.8 Å². The van der Waals surface area contributed by atoms with Gasteiger partial charge in [0.1, 0.15) is 0 Å². The van der Waals surface area contributed by atoms with Crippen molar-refractivity contribution in [2.75, 3.05) is 13.1 Å². The van der Waals surface area contributed by atoms with Gasteiger partial charge in [0.05, 0.1) is 12.2 Å². The first-order valence-corrected chi connectivity index (χ1v) is 13.2. The van der Waals surface area contributed by atoms with E-state index in [1.165, 1.54) is 45.2 Å². The zero-order valence-electron chi connectivity index (χ0n) is 19.4. The molecule has 0 aromatic carbocycles. The van der Waals surface area contributed by atoms with Crippen molar-refractivity contribution in [3.63, 3.8) is 0 Å². The summed E-state index contributed by atoms with van der Waals surface area (Å²) in [5.41, 5.74) is 3.94. The van der Waals surface area contributed by atoms with Crippen molar-refractivity contribution in [1.29, 1.82) is 0 Å². The molecule has 11 atom stereocenters. The van der Waals surface area contributed by atoms with Crippen LogP contribution in [0.1, 0.15) is 78.6 Å². The molecular formula is C27H43NO2. The number of nitrogens with zero attached hydrogens (tertiary/aromatic N) is 1. The van der Waals surface area contributed by atoms with Gasteiger partial charge in [0.25, 0.3) is 0 Å². The normalized spacial score (nSPS) is 55.9. The lowest BCUT2D eigenvalue weighted by Gasteiger charge is -2.55. The van der Waals surface area contributed by atoms with E-state index in [1.54, 1.807) is 0 Å². The summed E-state index contributed by atoms with van der Waals surface area (Å²) in [7, 11) is 0. The van der Waals surface area contributed by atoms with Gasteiger partial charge in [-0.2, -0.15) is 0 Å². The van der Waals surface area contributed by atoms with Crippen LogP contribution in [-0.2, 0) is 0 Å². The molecule has 3 heteroatoms.